The van der Waals surface area contributed by atoms with Gasteiger partial charge in [0.1, 0.15) is 12.4 Å². The molecule has 1 fully saturated rings. The SMILES string of the molecule is O=C(O)c1ccc(CN2C(=O)SC(=Cc3cc4cc(OCc5ccccc5)ccc4n3Cc3ccc(Cl)cc3)C2=O)cc1. The molecule has 5 aromatic rings. The van der Waals surface area contributed by atoms with Crippen molar-refractivity contribution >= 4 is 57.5 Å². The monoisotopic (exact) mass is 608 g/mol. The van der Waals surface area contributed by atoms with Gasteiger partial charge in [-0.1, -0.05) is 66.2 Å². The van der Waals surface area contributed by atoms with Gasteiger partial charge in [0.15, 0.2) is 0 Å². The summed E-state index contributed by atoms with van der Waals surface area (Å²) in [5.74, 6) is -0.710. The summed E-state index contributed by atoms with van der Waals surface area (Å²) in [5, 5.41) is 10.3. The molecule has 0 aliphatic carbocycles. The molecule has 1 aliphatic heterocycles. The summed E-state index contributed by atoms with van der Waals surface area (Å²) in [4.78, 5) is 38.9. The van der Waals surface area contributed by atoms with Gasteiger partial charge in [-0.25, -0.2) is 4.79 Å². The minimum atomic E-state index is -1.04. The van der Waals surface area contributed by atoms with E-state index in [0.29, 0.717) is 28.6 Å². The van der Waals surface area contributed by atoms with E-state index in [2.05, 4.69) is 4.57 Å². The van der Waals surface area contributed by atoms with Crippen molar-refractivity contribution in [1.29, 1.82) is 0 Å². The molecular weight excluding hydrogens is 584 g/mol. The fourth-order valence-corrected chi connectivity index (χ4v) is 5.82. The molecule has 0 unspecified atom stereocenters. The van der Waals surface area contributed by atoms with Crippen LogP contribution in [-0.4, -0.2) is 31.7 Å². The highest BCUT2D eigenvalue weighted by Gasteiger charge is 2.35. The van der Waals surface area contributed by atoms with E-state index >= 15 is 0 Å². The molecule has 0 radical (unpaired) electrons. The van der Waals surface area contributed by atoms with Crippen LogP contribution in [-0.2, 0) is 24.5 Å². The first-order valence-corrected chi connectivity index (χ1v) is 14.7. The third-order valence-electron chi connectivity index (χ3n) is 7.10. The Morgan fingerprint density at radius 2 is 1.53 bits per heavy atom. The number of aromatic carboxylic acids is 1. The maximum absolute atomic E-state index is 13.4. The van der Waals surface area contributed by atoms with Gasteiger partial charge in [-0.15, -0.1) is 0 Å². The highest BCUT2D eigenvalue weighted by atomic mass is 35.5. The number of rotatable bonds is 9. The number of carboxylic acid groups (broad SMARTS) is 1. The first-order valence-electron chi connectivity index (χ1n) is 13.5. The second kappa shape index (κ2) is 12.2. The number of carbonyl (C=O) groups is 3. The van der Waals surface area contributed by atoms with Crippen LogP contribution in [0.2, 0.25) is 5.02 Å². The lowest BCUT2D eigenvalue weighted by Gasteiger charge is -2.13. The first-order chi connectivity index (χ1) is 20.8. The summed E-state index contributed by atoms with van der Waals surface area (Å²) in [6, 6.07) is 31.5. The molecule has 0 bridgehead atoms. The number of hydrogen-bond acceptors (Lipinski definition) is 5. The minimum Gasteiger partial charge on any atom is -0.489 e. The number of fused-ring (bicyclic) bond motifs is 1. The molecule has 0 atom stereocenters. The molecule has 0 spiro atoms. The molecule has 6 rings (SSSR count). The molecule has 7 nitrogen and oxygen atoms in total. The third kappa shape index (κ3) is 6.35. The molecule has 1 saturated heterocycles. The molecule has 1 aliphatic rings. The Kier molecular flexibility index (Phi) is 8.05. The standard InChI is InChI=1S/C34H25ClN2O5S/c35-27-12-8-23(9-13-27)19-36-28(16-26-17-29(14-15-30(26)36)42-21-24-4-2-1-3-5-24)18-31-32(38)37(34(41)43-31)20-22-6-10-25(11-7-22)33(39)40/h1-18H,19-21H2,(H,39,40). The molecule has 4 aromatic carbocycles. The van der Waals surface area contributed by atoms with E-state index in [-0.39, 0.29) is 17.3 Å². The fraction of sp³-hybridized carbons (Fsp3) is 0.0882. The smallest absolute Gasteiger partial charge is 0.335 e. The zero-order chi connectivity index (χ0) is 29.9. The van der Waals surface area contributed by atoms with Crippen LogP contribution in [0.25, 0.3) is 17.0 Å². The van der Waals surface area contributed by atoms with Gasteiger partial charge in [0.2, 0.25) is 0 Å². The number of imide groups is 1. The van der Waals surface area contributed by atoms with E-state index in [4.69, 9.17) is 21.4 Å². The molecule has 2 amide bonds. The molecule has 9 heteroatoms. The van der Waals surface area contributed by atoms with Crippen molar-refractivity contribution in [2.75, 3.05) is 0 Å². The number of nitrogens with zero attached hydrogens (tertiary/aromatic N) is 2. The van der Waals surface area contributed by atoms with Gasteiger partial charge < -0.3 is 14.4 Å². The zero-order valence-electron chi connectivity index (χ0n) is 22.8. The van der Waals surface area contributed by atoms with Crippen LogP contribution < -0.4 is 4.74 Å². The van der Waals surface area contributed by atoms with Gasteiger partial charge in [0.05, 0.1) is 17.0 Å². The van der Waals surface area contributed by atoms with Gasteiger partial charge >= 0.3 is 5.97 Å². The minimum absolute atomic E-state index is 0.0534. The summed E-state index contributed by atoms with van der Waals surface area (Å²) >= 11 is 7.00. The van der Waals surface area contributed by atoms with Crippen molar-refractivity contribution in [2.45, 2.75) is 19.7 Å². The number of halogens is 1. The lowest BCUT2D eigenvalue weighted by molar-refractivity contribution is -0.123. The number of ether oxygens (including phenoxy) is 1. The number of aromatic nitrogens is 1. The lowest BCUT2D eigenvalue weighted by Crippen LogP contribution is -2.27. The number of carboxylic acids is 1. The van der Waals surface area contributed by atoms with Crippen LogP contribution in [0.3, 0.4) is 0 Å². The van der Waals surface area contributed by atoms with E-state index in [1.165, 1.54) is 17.0 Å². The van der Waals surface area contributed by atoms with Gasteiger partial charge in [0.25, 0.3) is 11.1 Å². The number of thioether (sulfide) groups is 1. The fourth-order valence-electron chi connectivity index (χ4n) is 4.88. The van der Waals surface area contributed by atoms with Crippen LogP contribution in [0.5, 0.6) is 5.75 Å². The molecule has 2 heterocycles. The zero-order valence-corrected chi connectivity index (χ0v) is 24.3. The predicted octanol–water partition coefficient (Wildman–Crippen LogP) is 7.86. The van der Waals surface area contributed by atoms with Crippen molar-refractivity contribution in [3.63, 3.8) is 0 Å². The molecular formula is C34H25ClN2O5S. The summed E-state index contributed by atoms with van der Waals surface area (Å²) in [5.41, 5.74) is 4.61. The Labute approximate surface area is 257 Å². The van der Waals surface area contributed by atoms with Crippen LogP contribution in [0.4, 0.5) is 4.79 Å². The van der Waals surface area contributed by atoms with Crippen molar-refractivity contribution in [3.05, 3.63) is 141 Å². The summed E-state index contributed by atoms with van der Waals surface area (Å²) in [7, 11) is 0. The molecule has 43 heavy (non-hydrogen) atoms. The van der Waals surface area contributed by atoms with E-state index in [1.54, 1.807) is 18.2 Å². The van der Waals surface area contributed by atoms with E-state index in [1.807, 2.05) is 78.9 Å². The second-order valence-electron chi connectivity index (χ2n) is 10.0. The molecule has 1 aromatic heterocycles. The average molecular weight is 609 g/mol. The number of benzene rings is 4. The Hall–Kier alpha value is -4.79. The van der Waals surface area contributed by atoms with Crippen LogP contribution in [0.1, 0.15) is 32.7 Å². The lowest BCUT2D eigenvalue weighted by atomic mass is 10.1. The highest BCUT2D eigenvalue weighted by molar-refractivity contribution is 8.18. The van der Waals surface area contributed by atoms with Gasteiger partial charge in [-0.3, -0.25) is 14.5 Å². The maximum Gasteiger partial charge on any atom is 0.335 e. The van der Waals surface area contributed by atoms with Crippen molar-refractivity contribution < 1.29 is 24.2 Å². The Morgan fingerprint density at radius 1 is 0.837 bits per heavy atom. The Morgan fingerprint density at radius 3 is 2.26 bits per heavy atom. The summed E-state index contributed by atoms with van der Waals surface area (Å²) in [6.07, 6.45) is 1.75. The largest absolute Gasteiger partial charge is 0.489 e. The molecule has 0 saturated carbocycles. The molecule has 214 valence electrons. The number of hydrogen-bond donors (Lipinski definition) is 1. The Bertz CT molecular complexity index is 1870. The van der Waals surface area contributed by atoms with Crippen molar-refractivity contribution in [1.82, 2.24) is 9.47 Å². The quantitative estimate of drug-likeness (QED) is 0.171. The normalized spacial score (nSPS) is 14.2. The number of carbonyl (C=O) groups excluding carboxylic acids is 2. The van der Waals surface area contributed by atoms with Crippen molar-refractivity contribution in [3.8, 4) is 5.75 Å². The van der Waals surface area contributed by atoms with Crippen LogP contribution in [0, 0.1) is 0 Å². The van der Waals surface area contributed by atoms with Crippen LogP contribution in [0.15, 0.2) is 108 Å². The first kappa shape index (κ1) is 28.3. The average Bonchev–Trinajstić information content (AvgIpc) is 3.48. The second-order valence-corrected chi connectivity index (χ2v) is 11.5. The summed E-state index contributed by atoms with van der Waals surface area (Å²) in [6.45, 7) is 1.02. The Balaban J connectivity index is 1.30. The molecule has 1 N–H and O–H groups in total. The van der Waals surface area contributed by atoms with E-state index in [9.17, 15) is 14.4 Å². The third-order valence-corrected chi connectivity index (χ3v) is 8.26. The van der Waals surface area contributed by atoms with Gasteiger partial charge in [-0.05, 0) is 83.1 Å². The highest BCUT2D eigenvalue weighted by Crippen LogP contribution is 2.35. The van der Waals surface area contributed by atoms with Gasteiger partial charge in [-0.2, -0.15) is 0 Å². The maximum atomic E-state index is 13.4. The topological polar surface area (TPSA) is 88.8 Å². The van der Waals surface area contributed by atoms with Gasteiger partial charge in [0, 0.05) is 28.2 Å². The van der Waals surface area contributed by atoms with Crippen LogP contribution >= 0.6 is 23.4 Å². The summed E-state index contributed by atoms with van der Waals surface area (Å²) < 4.78 is 8.15. The van der Waals surface area contributed by atoms with E-state index in [0.717, 1.165) is 45.2 Å². The number of amides is 2. The van der Waals surface area contributed by atoms with E-state index < -0.39 is 11.9 Å². The van der Waals surface area contributed by atoms with Crippen molar-refractivity contribution in [2.24, 2.45) is 0 Å². The predicted molar refractivity (Wildman–Crippen MR) is 168 cm³/mol.